The summed E-state index contributed by atoms with van der Waals surface area (Å²) in [5.74, 6) is 0.131. The van der Waals surface area contributed by atoms with Crippen molar-refractivity contribution in [3.63, 3.8) is 0 Å². The van der Waals surface area contributed by atoms with E-state index in [9.17, 15) is 14.3 Å². The van der Waals surface area contributed by atoms with Gasteiger partial charge in [-0.3, -0.25) is 4.79 Å². The molecule has 2 aromatic rings. The minimum atomic E-state index is -0.827. The van der Waals surface area contributed by atoms with Crippen molar-refractivity contribution in [3.05, 3.63) is 64.6 Å². The lowest BCUT2D eigenvalue weighted by molar-refractivity contribution is -0.120. The summed E-state index contributed by atoms with van der Waals surface area (Å²) in [4.78, 5) is 16.4. The fourth-order valence-electron chi connectivity index (χ4n) is 4.85. The number of ether oxygens (including phenoxy) is 1. The molecule has 1 fully saturated rings. The third kappa shape index (κ3) is 5.83. The van der Waals surface area contributed by atoms with Crippen LogP contribution in [0.15, 0.2) is 42.1 Å². The number of nitrogens with zero attached hydrogens (tertiary/aromatic N) is 1. The highest BCUT2D eigenvalue weighted by atomic mass is 19.1. The van der Waals surface area contributed by atoms with Crippen molar-refractivity contribution < 1.29 is 19.0 Å². The van der Waals surface area contributed by atoms with Crippen molar-refractivity contribution in [2.75, 3.05) is 6.54 Å². The van der Waals surface area contributed by atoms with E-state index in [2.05, 4.69) is 41.6 Å². The molecule has 0 bridgehead atoms. The Bertz CT molecular complexity index is 1050. The number of benzene rings is 1. The van der Waals surface area contributed by atoms with Crippen molar-refractivity contribution in [3.8, 4) is 5.88 Å². The SMILES string of the molecule is CC(=O)N[C@@H](Cc1ccc(F)cc1)[C@@H](O)CN[C@H]1CC2(CCC2)Oc2ncc(C=C(C)C)cc21. The Morgan fingerprint density at radius 1 is 1.29 bits per heavy atom. The summed E-state index contributed by atoms with van der Waals surface area (Å²) in [6, 6.07) is 7.72. The number of fused-ring (bicyclic) bond motifs is 1. The number of rotatable bonds is 8. The van der Waals surface area contributed by atoms with Gasteiger partial charge in [-0.1, -0.05) is 23.8 Å². The van der Waals surface area contributed by atoms with Gasteiger partial charge >= 0.3 is 0 Å². The first-order valence-corrected chi connectivity index (χ1v) is 12.0. The van der Waals surface area contributed by atoms with Gasteiger partial charge in [-0.25, -0.2) is 9.37 Å². The molecule has 0 unspecified atom stereocenters. The number of nitrogens with one attached hydrogen (secondary N) is 2. The van der Waals surface area contributed by atoms with E-state index in [1.54, 1.807) is 12.1 Å². The number of allylic oxidation sites excluding steroid dienone is 1. The van der Waals surface area contributed by atoms with Crippen LogP contribution in [0.1, 0.15) is 69.2 Å². The third-order valence-electron chi connectivity index (χ3n) is 6.68. The highest BCUT2D eigenvalue weighted by Gasteiger charge is 2.46. The third-order valence-corrected chi connectivity index (χ3v) is 6.68. The van der Waals surface area contributed by atoms with Gasteiger partial charge in [-0.15, -0.1) is 0 Å². The normalized spacial score (nSPS) is 19.9. The van der Waals surface area contributed by atoms with Crippen LogP contribution in [-0.4, -0.2) is 40.3 Å². The molecule has 0 saturated heterocycles. The van der Waals surface area contributed by atoms with Gasteiger partial charge in [0.25, 0.3) is 0 Å². The lowest BCUT2D eigenvalue weighted by atomic mass is 9.73. The van der Waals surface area contributed by atoms with E-state index in [0.717, 1.165) is 42.4 Å². The van der Waals surface area contributed by atoms with Gasteiger partial charge in [0, 0.05) is 37.7 Å². The van der Waals surface area contributed by atoms with Gasteiger partial charge in [0.05, 0.1) is 12.1 Å². The highest BCUT2D eigenvalue weighted by Crippen LogP contribution is 2.48. The quantitative estimate of drug-likeness (QED) is 0.545. The Morgan fingerprint density at radius 3 is 2.65 bits per heavy atom. The molecule has 1 aliphatic carbocycles. The zero-order valence-corrected chi connectivity index (χ0v) is 20.1. The first-order valence-electron chi connectivity index (χ1n) is 12.0. The van der Waals surface area contributed by atoms with E-state index in [1.807, 2.05) is 6.20 Å². The monoisotopic (exact) mass is 467 g/mol. The number of pyridine rings is 1. The van der Waals surface area contributed by atoms with Crippen LogP contribution in [0.3, 0.4) is 0 Å². The molecule has 1 amide bonds. The lowest BCUT2D eigenvalue weighted by Crippen LogP contribution is -2.52. The van der Waals surface area contributed by atoms with Gasteiger partial charge in [-0.05, 0) is 68.9 Å². The molecule has 3 atom stereocenters. The molecule has 7 heteroatoms. The number of hydrogen-bond donors (Lipinski definition) is 3. The van der Waals surface area contributed by atoms with E-state index < -0.39 is 12.1 Å². The van der Waals surface area contributed by atoms with Crippen LogP contribution in [0.4, 0.5) is 4.39 Å². The molecule has 3 N–H and O–H groups in total. The molecule has 34 heavy (non-hydrogen) atoms. The molecule has 182 valence electrons. The number of carbonyl (C=O) groups is 1. The molecule has 6 nitrogen and oxygen atoms in total. The first kappa shape index (κ1) is 24.4. The average molecular weight is 468 g/mol. The van der Waals surface area contributed by atoms with Gasteiger partial charge in [0.1, 0.15) is 11.4 Å². The maximum absolute atomic E-state index is 13.3. The maximum Gasteiger partial charge on any atom is 0.218 e. The minimum absolute atomic E-state index is 0.0134. The molecule has 1 spiro atoms. The summed E-state index contributed by atoms with van der Waals surface area (Å²) in [6.45, 7) is 5.83. The second-order valence-corrected chi connectivity index (χ2v) is 9.89. The van der Waals surface area contributed by atoms with Crippen molar-refractivity contribution in [1.29, 1.82) is 0 Å². The largest absolute Gasteiger partial charge is 0.471 e. The van der Waals surface area contributed by atoms with E-state index in [-0.39, 0.29) is 23.4 Å². The Morgan fingerprint density at radius 2 is 2.03 bits per heavy atom. The number of amides is 1. The Hall–Kier alpha value is -2.77. The van der Waals surface area contributed by atoms with Crippen LogP contribution in [0.25, 0.3) is 6.08 Å². The van der Waals surface area contributed by atoms with Crippen LogP contribution in [0.2, 0.25) is 0 Å². The minimum Gasteiger partial charge on any atom is -0.471 e. The van der Waals surface area contributed by atoms with Crippen molar-refractivity contribution in [2.24, 2.45) is 0 Å². The average Bonchev–Trinajstić information content (AvgIpc) is 2.76. The zero-order chi connectivity index (χ0) is 24.3. The van der Waals surface area contributed by atoms with Crippen molar-refractivity contribution >= 4 is 12.0 Å². The number of aliphatic hydroxyl groups is 1. The summed E-state index contributed by atoms with van der Waals surface area (Å²) >= 11 is 0. The summed E-state index contributed by atoms with van der Waals surface area (Å²) < 4.78 is 19.6. The molecular weight excluding hydrogens is 433 g/mol. The van der Waals surface area contributed by atoms with Crippen LogP contribution >= 0.6 is 0 Å². The maximum atomic E-state index is 13.3. The van der Waals surface area contributed by atoms with Crippen LogP contribution in [-0.2, 0) is 11.2 Å². The van der Waals surface area contributed by atoms with Gasteiger partial charge in [-0.2, -0.15) is 0 Å². The second-order valence-electron chi connectivity index (χ2n) is 9.89. The van der Waals surface area contributed by atoms with Crippen LogP contribution in [0.5, 0.6) is 5.88 Å². The summed E-state index contributed by atoms with van der Waals surface area (Å²) in [6.07, 6.45) is 7.47. The first-order chi connectivity index (χ1) is 16.2. The summed E-state index contributed by atoms with van der Waals surface area (Å²) in [5.41, 5.74) is 3.86. The number of aromatic nitrogens is 1. The zero-order valence-electron chi connectivity index (χ0n) is 20.1. The molecule has 2 heterocycles. The summed E-state index contributed by atoms with van der Waals surface area (Å²) in [7, 11) is 0. The molecule has 1 aromatic heterocycles. The molecule has 4 rings (SSSR count). The number of hydrogen-bond acceptors (Lipinski definition) is 5. The van der Waals surface area contributed by atoms with Crippen molar-refractivity contribution in [2.45, 2.75) is 76.7 Å². The van der Waals surface area contributed by atoms with Crippen LogP contribution in [0, 0.1) is 5.82 Å². The topological polar surface area (TPSA) is 83.5 Å². The second kappa shape index (κ2) is 10.2. The van der Waals surface area contributed by atoms with E-state index in [0.29, 0.717) is 18.8 Å². The summed E-state index contributed by atoms with van der Waals surface area (Å²) in [5, 5.41) is 17.4. The predicted molar refractivity (Wildman–Crippen MR) is 130 cm³/mol. The number of carbonyl (C=O) groups excluding carboxylic acids is 1. The molecule has 1 aliphatic heterocycles. The number of halogens is 1. The lowest BCUT2D eigenvalue weighted by Gasteiger charge is -2.47. The van der Waals surface area contributed by atoms with Gasteiger partial charge in [0.2, 0.25) is 11.8 Å². The predicted octanol–water partition coefficient (Wildman–Crippen LogP) is 4.09. The fraction of sp³-hybridized carbons (Fsp3) is 0.481. The Labute approximate surface area is 200 Å². The van der Waals surface area contributed by atoms with Gasteiger partial charge in [0.15, 0.2) is 0 Å². The van der Waals surface area contributed by atoms with E-state index in [1.165, 1.54) is 24.6 Å². The molecule has 1 aromatic carbocycles. The van der Waals surface area contributed by atoms with E-state index >= 15 is 0 Å². The smallest absolute Gasteiger partial charge is 0.218 e. The molecular formula is C27H34FN3O3. The Kier molecular flexibility index (Phi) is 7.33. The highest BCUT2D eigenvalue weighted by molar-refractivity contribution is 5.73. The number of aliphatic hydroxyl groups excluding tert-OH is 1. The van der Waals surface area contributed by atoms with E-state index in [4.69, 9.17) is 4.74 Å². The fourth-order valence-corrected chi connectivity index (χ4v) is 4.85. The molecule has 2 aliphatic rings. The standard InChI is InChI=1S/C27H34FN3O3/c1-17(2)11-20-12-22-24(14-27(9-4-10-27)34-26(22)30-15-20)29-16-25(33)23(31-18(3)32)13-19-5-7-21(28)8-6-19/h5-8,11-12,15,23-25,29,33H,4,9-10,13-14,16H2,1-3H3,(H,31,32)/t23-,24-,25-/m0/s1. The Balaban J connectivity index is 1.50. The van der Waals surface area contributed by atoms with Crippen molar-refractivity contribution in [1.82, 2.24) is 15.6 Å². The van der Waals surface area contributed by atoms with Crippen LogP contribution < -0.4 is 15.4 Å². The molecule has 0 radical (unpaired) electrons. The van der Waals surface area contributed by atoms with Gasteiger partial charge < -0.3 is 20.5 Å². The molecule has 1 saturated carbocycles.